The van der Waals surface area contributed by atoms with Gasteiger partial charge >= 0.3 is 0 Å². The molecule has 0 aromatic rings. The summed E-state index contributed by atoms with van der Waals surface area (Å²) in [5, 5.41) is 3.03. The zero-order valence-corrected chi connectivity index (χ0v) is 12.4. The zero-order chi connectivity index (χ0) is 14.0. The fourth-order valence-corrected chi connectivity index (χ4v) is 3.71. The summed E-state index contributed by atoms with van der Waals surface area (Å²) in [6.45, 7) is 3.94. The third-order valence-corrected chi connectivity index (χ3v) is 5.08. The smallest absolute Gasteiger partial charge is 0.248 e. The van der Waals surface area contributed by atoms with Crippen LogP contribution >= 0.6 is 0 Å². The lowest BCUT2D eigenvalue weighted by Gasteiger charge is -2.47. The van der Waals surface area contributed by atoms with Crippen LogP contribution in [-0.2, 0) is 9.59 Å². The lowest BCUT2D eigenvalue weighted by atomic mass is 9.79. The molecule has 108 valence electrons. The van der Waals surface area contributed by atoms with E-state index in [2.05, 4.69) is 5.32 Å². The Morgan fingerprint density at radius 3 is 2.26 bits per heavy atom. The standard InChI is InChI=1S/C15H26N2O2/c1-4-15(5-2)14(19)17(3)12(13(18)16-15)11-9-7-6-8-10-11/h11-12H,4-10H2,1-3H3,(H,16,18). The molecule has 1 unspecified atom stereocenters. The van der Waals surface area contributed by atoms with E-state index in [1.165, 1.54) is 19.3 Å². The van der Waals surface area contributed by atoms with Crippen molar-refractivity contribution in [2.24, 2.45) is 5.92 Å². The monoisotopic (exact) mass is 266 g/mol. The van der Waals surface area contributed by atoms with Gasteiger partial charge in [0.1, 0.15) is 11.6 Å². The Morgan fingerprint density at radius 1 is 1.16 bits per heavy atom. The third kappa shape index (κ3) is 2.37. The van der Waals surface area contributed by atoms with Crippen molar-refractivity contribution in [1.29, 1.82) is 0 Å². The van der Waals surface area contributed by atoms with Crippen molar-refractivity contribution in [2.75, 3.05) is 7.05 Å². The Balaban J connectivity index is 2.20. The molecule has 1 saturated heterocycles. The number of likely N-dealkylation sites (N-methyl/N-ethyl adjacent to an activating group) is 1. The Labute approximate surface area is 115 Å². The van der Waals surface area contributed by atoms with Crippen molar-refractivity contribution in [3.63, 3.8) is 0 Å². The molecule has 0 bridgehead atoms. The van der Waals surface area contributed by atoms with Gasteiger partial charge in [-0.1, -0.05) is 33.1 Å². The predicted octanol–water partition coefficient (Wildman–Crippen LogP) is 2.08. The van der Waals surface area contributed by atoms with Crippen LogP contribution < -0.4 is 5.32 Å². The largest absolute Gasteiger partial charge is 0.340 e. The van der Waals surface area contributed by atoms with Crippen molar-refractivity contribution in [2.45, 2.75) is 70.4 Å². The molecule has 0 radical (unpaired) electrons. The first-order chi connectivity index (χ1) is 9.05. The molecular weight excluding hydrogens is 240 g/mol. The van der Waals surface area contributed by atoms with Gasteiger partial charge in [-0.3, -0.25) is 9.59 Å². The van der Waals surface area contributed by atoms with Gasteiger partial charge in [-0.15, -0.1) is 0 Å². The Morgan fingerprint density at radius 2 is 1.74 bits per heavy atom. The van der Waals surface area contributed by atoms with E-state index in [1.807, 2.05) is 13.8 Å². The molecular formula is C15H26N2O2. The number of piperazine rings is 1. The van der Waals surface area contributed by atoms with Crippen molar-refractivity contribution < 1.29 is 9.59 Å². The molecule has 0 aromatic heterocycles. The minimum absolute atomic E-state index is 0.0534. The Bertz CT molecular complexity index is 357. The lowest BCUT2D eigenvalue weighted by Crippen LogP contribution is -2.70. The van der Waals surface area contributed by atoms with Gasteiger partial charge in [0.15, 0.2) is 0 Å². The highest BCUT2D eigenvalue weighted by Gasteiger charge is 2.49. The van der Waals surface area contributed by atoms with Gasteiger partial charge in [0.05, 0.1) is 0 Å². The van der Waals surface area contributed by atoms with Crippen LogP contribution in [0.2, 0.25) is 0 Å². The summed E-state index contributed by atoms with van der Waals surface area (Å²) in [6.07, 6.45) is 7.09. The molecule has 19 heavy (non-hydrogen) atoms. The number of carbonyl (C=O) groups excluding carboxylic acids is 2. The first-order valence-corrected chi connectivity index (χ1v) is 7.65. The Hall–Kier alpha value is -1.06. The van der Waals surface area contributed by atoms with Crippen molar-refractivity contribution in [3.8, 4) is 0 Å². The summed E-state index contributed by atoms with van der Waals surface area (Å²) in [4.78, 5) is 26.8. The van der Waals surface area contributed by atoms with Gasteiger partial charge < -0.3 is 10.2 Å². The van der Waals surface area contributed by atoms with E-state index in [0.717, 1.165) is 12.8 Å². The number of nitrogens with one attached hydrogen (secondary N) is 1. The second kappa shape index (κ2) is 5.51. The SMILES string of the molecule is CCC1(CC)NC(=O)C(C2CCCCC2)N(C)C1=O. The molecule has 4 nitrogen and oxygen atoms in total. The summed E-state index contributed by atoms with van der Waals surface area (Å²) in [5.74, 6) is 0.486. The van der Waals surface area contributed by atoms with E-state index in [-0.39, 0.29) is 17.9 Å². The highest BCUT2D eigenvalue weighted by molar-refractivity contribution is 5.99. The average molecular weight is 266 g/mol. The second-order valence-corrected chi connectivity index (χ2v) is 6.04. The fourth-order valence-electron chi connectivity index (χ4n) is 3.71. The molecule has 1 atom stereocenters. The molecule has 2 aliphatic rings. The number of rotatable bonds is 3. The van der Waals surface area contributed by atoms with Crippen LogP contribution in [0.3, 0.4) is 0 Å². The molecule has 1 saturated carbocycles. The van der Waals surface area contributed by atoms with Gasteiger partial charge in [-0.2, -0.15) is 0 Å². The third-order valence-electron chi connectivity index (χ3n) is 5.08. The highest BCUT2D eigenvalue weighted by Crippen LogP contribution is 2.33. The number of hydrogen-bond acceptors (Lipinski definition) is 2. The topological polar surface area (TPSA) is 49.4 Å². The normalized spacial score (nSPS) is 28.4. The fraction of sp³-hybridized carbons (Fsp3) is 0.867. The zero-order valence-electron chi connectivity index (χ0n) is 12.4. The molecule has 2 amide bonds. The summed E-state index contributed by atoms with van der Waals surface area (Å²) < 4.78 is 0. The average Bonchev–Trinajstić information content (AvgIpc) is 2.44. The number of amides is 2. The summed E-state index contributed by atoms with van der Waals surface area (Å²) >= 11 is 0. The first kappa shape index (κ1) is 14.4. The van der Waals surface area contributed by atoms with Crippen LogP contribution in [0.25, 0.3) is 0 Å². The molecule has 0 spiro atoms. The number of carbonyl (C=O) groups is 2. The van der Waals surface area contributed by atoms with E-state index in [1.54, 1.807) is 11.9 Å². The molecule has 1 N–H and O–H groups in total. The Kier molecular flexibility index (Phi) is 4.16. The maximum absolute atomic E-state index is 12.6. The predicted molar refractivity (Wildman–Crippen MR) is 74.6 cm³/mol. The number of hydrogen-bond donors (Lipinski definition) is 1. The second-order valence-electron chi connectivity index (χ2n) is 6.04. The molecule has 0 aromatic carbocycles. The van der Waals surface area contributed by atoms with Gasteiger partial charge in [0.2, 0.25) is 11.8 Å². The van der Waals surface area contributed by atoms with Gasteiger partial charge in [0.25, 0.3) is 0 Å². The van der Waals surface area contributed by atoms with Crippen molar-refractivity contribution in [1.82, 2.24) is 10.2 Å². The first-order valence-electron chi connectivity index (χ1n) is 7.65. The van der Waals surface area contributed by atoms with E-state index < -0.39 is 5.54 Å². The maximum Gasteiger partial charge on any atom is 0.248 e. The van der Waals surface area contributed by atoms with Crippen LogP contribution in [0, 0.1) is 5.92 Å². The molecule has 1 aliphatic heterocycles. The number of nitrogens with zero attached hydrogens (tertiary/aromatic N) is 1. The van der Waals surface area contributed by atoms with Crippen molar-refractivity contribution in [3.05, 3.63) is 0 Å². The lowest BCUT2D eigenvalue weighted by molar-refractivity contribution is -0.156. The minimum atomic E-state index is -0.670. The van der Waals surface area contributed by atoms with Crippen LogP contribution in [0.1, 0.15) is 58.8 Å². The van der Waals surface area contributed by atoms with Crippen LogP contribution in [0.5, 0.6) is 0 Å². The highest BCUT2D eigenvalue weighted by atomic mass is 16.2. The van der Waals surface area contributed by atoms with Crippen LogP contribution in [0.4, 0.5) is 0 Å². The summed E-state index contributed by atoms with van der Waals surface area (Å²) in [5.41, 5.74) is -0.670. The summed E-state index contributed by atoms with van der Waals surface area (Å²) in [7, 11) is 1.81. The minimum Gasteiger partial charge on any atom is -0.340 e. The quantitative estimate of drug-likeness (QED) is 0.850. The van der Waals surface area contributed by atoms with E-state index in [4.69, 9.17) is 0 Å². The molecule has 1 heterocycles. The van der Waals surface area contributed by atoms with Crippen LogP contribution in [-0.4, -0.2) is 35.3 Å². The van der Waals surface area contributed by atoms with Gasteiger partial charge in [-0.05, 0) is 31.6 Å². The van der Waals surface area contributed by atoms with E-state index >= 15 is 0 Å². The molecule has 1 aliphatic carbocycles. The molecule has 2 fully saturated rings. The molecule has 2 rings (SSSR count). The van der Waals surface area contributed by atoms with Crippen molar-refractivity contribution >= 4 is 11.8 Å². The van der Waals surface area contributed by atoms with Gasteiger partial charge in [-0.25, -0.2) is 0 Å². The maximum atomic E-state index is 12.6. The van der Waals surface area contributed by atoms with E-state index in [0.29, 0.717) is 18.8 Å². The van der Waals surface area contributed by atoms with Crippen LogP contribution in [0.15, 0.2) is 0 Å². The van der Waals surface area contributed by atoms with Gasteiger partial charge in [0, 0.05) is 7.05 Å². The van der Waals surface area contributed by atoms with E-state index in [9.17, 15) is 9.59 Å². The molecule has 4 heteroatoms. The summed E-state index contributed by atoms with van der Waals surface area (Å²) in [6, 6.07) is -0.251.